The predicted octanol–water partition coefficient (Wildman–Crippen LogP) is 2.92. The van der Waals surface area contributed by atoms with Gasteiger partial charge in [-0.05, 0) is 44.7 Å². The minimum Gasteiger partial charge on any atom is -0.336 e. The standard InChI is InChI=1S/C16H30N2O/c1-7-15(19)17-11-13(2)18(14(3)12-17)10-8-9-16(4,5)6/h7,13-14H,1,8-12H2,2-6H3/t13-,14+. The van der Waals surface area contributed by atoms with Gasteiger partial charge in [-0.25, -0.2) is 0 Å². The zero-order valence-electron chi connectivity index (χ0n) is 13.3. The molecular weight excluding hydrogens is 236 g/mol. The van der Waals surface area contributed by atoms with Crippen molar-refractivity contribution in [2.24, 2.45) is 5.41 Å². The predicted molar refractivity (Wildman–Crippen MR) is 81.1 cm³/mol. The molecule has 0 unspecified atom stereocenters. The van der Waals surface area contributed by atoms with E-state index in [-0.39, 0.29) is 5.91 Å². The van der Waals surface area contributed by atoms with E-state index in [1.807, 2.05) is 4.90 Å². The van der Waals surface area contributed by atoms with Crippen LogP contribution in [0, 0.1) is 5.41 Å². The van der Waals surface area contributed by atoms with Crippen LogP contribution in [0.4, 0.5) is 0 Å². The van der Waals surface area contributed by atoms with E-state index in [9.17, 15) is 4.79 Å². The molecule has 0 bridgehead atoms. The number of carbonyl (C=O) groups is 1. The van der Waals surface area contributed by atoms with Crippen molar-refractivity contribution in [2.45, 2.75) is 59.5 Å². The Kier molecular flexibility index (Phi) is 5.60. The molecule has 0 spiro atoms. The zero-order chi connectivity index (χ0) is 14.6. The van der Waals surface area contributed by atoms with Gasteiger partial charge in [-0.1, -0.05) is 27.4 Å². The lowest BCUT2D eigenvalue weighted by Gasteiger charge is -2.44. The Morgan fingerprint density at radius 3 is 2.21 bits per heavy atom. The molecule has 1 aliphatic heterocycles. The molecule has 0 aromatic rings. The highest BCUT2D eigenvalue weighted by molar-refractivity contribution is 5.87. The van der Waals surface area contributed by atoms with Crippen LogP contribution >= 0.6 is 0 Å². The molecule has 0 aliphatic carbocycles. The second kappa shape index (κ2) is 6.56. The second-order valence-electron chi connectivity index (χ2n) is 7.05. The fraction of sp³-hybridized carbons (Fsp3) is 0.812. The summed E-state index contributed by atoms with van der Waals surface area (Å²) in [5, 5.41) is 0. The smallest absolute Gasteiger partial charge is 0.246 e. The largest absolute Gasteiger partial charge is 0.336 e. The highest BCUT2D eigenvalue weighted by Crippen LogP contribution is 2.23. The quantitative estimate of drug-likeness (QED) is 0.730. The summed E-state index contributed by atoms with van der Waals surface area (Å²) in [6, 6.07) is 0.875. The van der Waals surface area contributed by atoms with Crippen molar-refractivity contribution in [3.05, 3.63) is 12.7 Å². The molecule has 1 saturated heterocycles. The molecule has 1 aliphatic rings. The van der Waals surface area contributed by atoms with E-state index in [0.717, 1.165) is 19.6 Å². The van der Waals surface area contributed by atoms with Crippen LogP contribution in [0.15, 0.2) is 12.7 Å². The van der Waals surface area contributed by atoms with Gasteiger partial charge in [0.25, 0.3) is 0 Å². The molecule has 0 aromatic carbocycles. The van der Waals surface area contributed by atoms with Crippen molar-refractivity contribution in [2.75, 3.05) is 19.6 Å². The normalized spacial score (nSPS) is 25.4. The van der Waals surface area contributed by atoms with Crippen molar-refractivity contribution >= 4 is 5.91 Å². The van der Waals surface area contributed by atoms with E-state index in [1.54, 1.807) is 0 Å². The molecule has 0 radical (unpaired) electrons. The van der Waals surface area contributed by atoms with Gasteiger partial charge in [0.2, 0.25) is 5.91 Å². The van der Waals surface area contributed by atoms with E-state index in [0.29, 0.717) is 17.5 Å². The second-order valence-corrected chi connectivity index (χ2v) is 7.05. The first-order valence-corrected chi connectivity index (χ1v) is 7.41. The van der Waals surface area contributed by atoms with Crippen molar-refractivity contribution < 1.29 is 4.79 Å². The Hall–Kier alpha value is -0.830. The summed E-state index contributed by atoms with van der Waals surface area (Å²) in [6.45, 7) is 17.7. The number of piperazine rings is 1. The summed E-state index contributed by atoms with van der Waals surface area (Å²) in [5.74, 6) is 0.0630. The van der Waals surface area contributed by atoms with Crippen LogP contribution in [0.1, 0.15) is 47.5 Å². The molecule has 1 amide bonds. The molecule has 1 heterocycles. The third-order valence-corrected chi connectivity index (χ3v) is 3.93. The third kappa shape index (κ3) is 4.98. The van der Waals surface area contributed by atoms with Crippen LogP contribution in [0.25, 0.3) is 0 Å². The van der Waals surface area contributed by atoms with Gasteiger partial charge in [0.1, 0.15) is 0 Å². The SMILES string of the molecule is C=CC(=O)N1C[C@@H](C)N(CCCC(C)(C)C)[C@@H](C)C1. The fourth-order valence-corrected chi connectivity index (χ4v) is 2.90. The zero-order valence-corrected chi connectivity index (χ0v) is 13.3. The highest BCUT2D eigenvalue weighted by Gasteiger charge is 2.30. The van der Waals surface area contributed by atoms with Crippen LogP contribution in [-0.2, 0) is 4.79 Å². The first-order valence-electron chi connectivity index (χ1n) is 7.41. The number of nitrogens with zero attached hydrogens (tertiary/aromatic N) is 2. The minimum absolute atomic E-state index is 0.0630. The third-order valence-electron chi connectivity index (χ3n) is 3.93. The van der Waals surface area contributed by atoms with Crippen LogP contribution < -0.4 is 0 Å². The van der Waals surface area contributed by atoms with E-state index in [4.69, 9.17) is 0 Å². The summed E-state index contributed by atoms with van der Waals surface area (Å²) in [4.78, 5) is 16.2. The number of hydrogen-bond donors (Lipinski definition) is 0. The lowest BCUT2D eigenvalue weighted by atomic mass is 9.90. The van der Waals surface area contributed by atoms with Gasteiger partial charge >= 0.3 is 0 Å². The maximum atomic E-state index is 11.7. The molecule has 0 saturated carbocycles. The van der Waals surface area contributed by atoms with Crippen LogP contribution in [-0.4, -0.2) is 47.4 Å². The van der Waals surface area contributed by atoms with Crippen molar-refractivity contribution in [3.8, 4) is 0 Å². The maximum absolute atomic E-state index is 11.7. The topological polar surface area (TPSA) is 23.6 Å². The number of amides is 1. The molecular formula is C16H30N2O. The molecule has 3 nitrogen and oxygen atoms in total. The molecule has 2 atom stereocenters. The fourth-order valence-electron chi connectivity index (χ4n) is 2.90. The van der Waals surface area contributed by atoms with Crippen molar-refractivity contribution in [3.63, 3.8) is 0 Å². The first-order chi connectivity index (χ1) is 8.74. The van der Waals surface area contributed by atoms with E-state index >= 15 is 0 Å². The Morgan fingerprint density at radius 1 is 1.26 bits per heavy atom. The summed E-state index contributed by atoms with van der Waals surface area (Å²) in [7, 11) is 0. The summed E-state index contributed by atoms with van der Waals surface area (Å²) >= 11 is 0. The Morgan fingerprint density at radius 2 is 1.79 bits per heavy atom. The monoisotopic (exact) mass is 266 g/mol. The van der Waals surface area contributed by atoms with Crippen molar-refractivity contribution in [1.82, 2.24) is 9.80 Å². The van der Waals surface area contributed by atoms with Gasteiger partial charge in [-0.15, -0.1) is 0 Å². The number of rotatable bonds is 4. The summed E-state index contributed by atoms with van der Waals surface area (Å²) in [5.41, 5.74) is 0.410. The average molecular weight is 266 g/mol. The minimum atomic E-state index is 0.0630. The van der Waals surface area contributed by atoms with Crippen LogP contribution in [0.2, 0.25) is 0 Å². The molecule has 3 heteroatoms. The first kappa shape index (κ1) is 16.2. The van der Waals surface area contributed by atoms with Crippen molar-refractivity contribution in [1.29, 1.82) is 0 Å². The van der Waals surface area contributed by atoms with Gasteiger partial charge in [0.15, 0.2) is 0 Å². The summed E-state index contributed by atoms with van der Waals surface area (Å²) < 4.78 is 0. The number of hydrogen-bond acceptors (Lipinski definition) is 2. The molecule has 19 heavy (non-hydrogen) atoms. The van der Waals surface area contributed by atoms with Gasteiger partial charge in [0.05, 0.1) is 0 Å². The van der Waals surface area contributed by atoms with Gasteiger partial charge < -0.3 is 4.90 Å². The van der Waals surface area contributed by atoms with Gasteiger partial charge in [0, 0.05) is 25.2 Å². The Balaban J connectivity index is 2.49. The van der Waals surface area contributed by atoms with Crippen LogP contribution in [0.5, 0.6) is 0 Å². The molecule has 1 fully saturated rings. The van der Waals surface area contributed by atoms with E-state index in [2.05, 4.69) is 46.1 Å². The molecule has 0 aromatic heterocycles. The Bertz CT molecular complexity index is 307. The molecule has 0 N–H and O–H groups in total. The lowest BCUT2D eigenvalue weighted by molar-refractivity contribution is -0.130. The number of carbonyl (C=O) groups excluding carboxylic acids is 1. The summed E-state index contributed by atoms with van der Waals surface area (Å²) in [6.07, 6.45) is 3.90. The Labute approximate surface area is 118 Å². The molecule has 110 valence electrons. The maximum Gasteiger partial charge on any atom is 0.246 e. The lowest BCUT2D eigenvalue weighted by Crippen LogP contribution is -2.57. The highest BCUT2D eigenvalue weighted by atomic mass is 16.2. The van der Waals surface area contributed by atoms with E-state index in [1.165, 1.54) is 18.9 Å². The average Bonchev–Trinajstić information content (AvgIpc) is 2.30. The van der Waals surface area contributed by atoms with Gasteiger partial charge in [-0.3, -0.25) is 9.69 Å². The van der Waals surface area contributed by atoms with E-state index < -0.39 is 0 Å². The molecule has 1 rings (SSSR count). The van der Waals surface area contributed by atoms with Gasteiger partial charge in [-0.2, -0.15) is 0 Å². The van der Waals surface area contributed by atoms with Crippen LogP contribution in [0.3, 0.4) is 0 Å².